The molecule has 1 aliphatic rings. The summed E-state index contributed by atoms with van der Waals surface area (Å²) >= 11 is 0. The number of fused-ring (bicyclic) bond motifs is 1. The van der Waals surface area contributed by atoms with Gasteiger partial charge in [-0.25, -0.2) is 18.9 Å². The molecule has 1 heterocycles. The Hall–Kier alpha value is -2.92. The zero-order valence-corrected chi connectivity index (χ0v) is 11.7. The Kier molecular flexibility index (Phi) is 4.10. The first-order valence-electron chi connectivity index (χ1n) is 6.04. The van der Waals surface area contributed by atoms with Gasteiger partial charge in [0.15, 0.2) is 6.23 Å². The molecular weight excluding hydrogens is 295 g/mol. The molecule has 1 aliphatic heterocycles. The van der Waals surface area contributed by atoms with Gasteiger partial charge in [-0.3, -0.25) is 0 Å². The molecule has 114 valence electrons. The number of ether oxygens (including phenoxy) is 2. The van der Waals surface area contributed by atoms with Crippen LogP contribution in [0.3, 0.4) is 0 Å². The van der Waals surface area contributed by atoms with Crippen LogP contribution in [0.1, 0.15) is 5.56 Å². The molecule has 1 unspecified atom stereocenters. The Balaban J connectivity index is 2.76. The molecule has 0 radical (unpaired) electrons. The van der Waals surface area contributed by atoms with Crippen LogP contribution >= 0.6 is 0 Å². The largest absolute Gasteiger partial charge is 0.465 e. The van der Waals surface area contributed by atoms with E-state index in [-0.39, 0.29) is 16.8 Å². The lowest BCUT2D eigenvalue weighted by molar-refractivity contribution is -0.135. The van der Waals surface area contributed by atoms with Crippen LogP contribution in [0.2, 0.25) is 0 Å². The number of nitriles is 1. The minimum absolute atomic E-state index is 0.0415. The van der Waals surface area contributed by atoms with Crippen molar-refractivity contribution >= 4 is 23.3 Å². The summed E-state index contributed by atoms with van der Waals surface area (Å²) in [7, 11) is 2.16. The summed E-state index contributed by atoms with van der Waals surface area (Å²) in [5, 5.41) is 19.4. The van der Waals surface area contributed by atoms with Crippen molar-refractivity contribution < 1.29 is 28.6 Å². The molecule has 1 N–H and O–H groups in total. The van der Waals surface area contributed by atoms with Crippen LogP contribution in [0.25, 0.3) is 5.57 Å². The maximum Gasteiger partial charge on any atom is 0.416 e. The van der Waals surface area contributed by atoms with Crippen LogP contribution in [0, 0.1) is 17.1 Å². The van der Waals surface area contributed by atoms with Crippen LogP contribution in [-0.4, -0.2) is 37.6 Å². The Bertz CT molecular complexity index is 722. The monoisotopic (exact) mass is 306 g/mol. The smallest absolute Gasteiger partial charge is 0.416 e. The third-order valence-corrected chi connectivity index (χ3v) is 3.15. The quantitative estimate of drug-likeness (QED) is 0.475. The molecule has 0 fully saturated rings. The van der Waals surface area contributed by atoms with E-state index in [0.29, 0.717) is 0 Å². The highest BCUT2D eigenvalue weighted by molar-refractivity contribution is 6.09. The fraction of sp³-hybridized carbons (Fsp3) is 0.214. The topological polar surface area (TPSA) is 99.9 Å². The lowest BCUT2D eigenvalue weighted by Crippen LogP contribution is -2.37. The zero-order valence-electron chi connectivity index (χ0n) is 11.7. The number of hydrogen-bond donors (Lipinski definition) is 1. The number of aliphatic hydroxyl groups is 1. The van der Waals surface area contributed by atoms with E-state index in [1.54, 1.807) is 6.07 Å². The number of amides is 1. The average molecular weight is 306 g/mol. The average Bonchev–Trinajstić information content (AvgIpc) is 2.79. The van der Waals surface area contributed by atoms with E-state index < -0.39 is 29.7 Å². The number of esters is 1. The first-order chi connectivity index (χ1) is 10.5. The second-order valence-corrected chi connectivity index (χ2v) is 4.27. The predicted molar refractivity (Wildman–Crippen MR) is 71.8 cm³/mol. The number of halogens is 1. The highest BCUT2D eigenvalue weighted by Gasteiger charge is 2.41. The van der Waals surface area contributed by atoms with Crippen molar-refractivity contribution in [2.75, 3.05) is 19.1 Å². The second kappa shape index (κ2) is 5.83. The number of rotatable bonds is 1. The number of carbonyl (C=O) groups excluding carboxylic acids is 2. The summed E-state index contributed by atoms with van der Waals surface area (Å²) in [6.45, 7) is 0. The van der Waals surface area contributed by atoms with Gasteiger partial charge < -0.3 is 14.6 Å². The summed E-state index contributed by atoms with van der Waals surface area (Å²) in [5.74, 6) is -1.66. The van der Waals surface area contributed by atoms with Crippen LogP contribution in [0.4, 0.5) is 14.9 Å². The lowest BCUT2D eigenvalue weighted by Gasteiger charge is -2.20. The molecule has 0 bridgehead atoms. The van der Waals surface area contributed by atoms with Crippen molar-refractivity contribution in [3.8, 4) is 6.07 Å². The Labute approximate surface area is 124 Å². The summed E-state index contributed by atoms with van der Waals surface area (Å²) < 4.78 is 22.5. The SMILES string of the molecule is COC(=O)/C(C#N)=C1/c2cc(F)ccc2N(C(=O)OC)C1O. The molecule has 0 saturated heterocycles. The molecular formula is C14H11FN2O5. The fourth-order valence-corrected chi connectivity index (χ4v) is 2.21. The van der Waals surface area contributed by atoms with Gasteiger partial charge in [0.2, 0.25) is 0 Å². The van der Waals surface area contributed by atoms with E-state index in [2.05, 4.69) is 9.47 Å². The molecule has 22 heavy (non-hydrogen) atoms. The van der Waals surface area contributed by atoms with Gasteiger partial charge in [0.1, 0.15) is 17.5 Å². The maximum absolute atomic E-state index is 13.5. The van der Waals surface area contributed by atoms with E-state index in [9.17, 15) is 19.1 Å². The summed E-state index contributed by atoms with van der Waals surface area (Å²) in [6.07, 6.45) is -2.59. The molecule has 0 spiro atoms. The minimum atomic E-state index is -1.67. The maximum atomic E-state index is 13.5. The van der Waals surface area contributed by atoms with Crippen LogP contribution in [-0.2, 0) is 14.3 Å². The number of benzene rings is 1. The van der Waals surface area contributed by atoms with Gasteiger partial charge in [-0.15, -0.1) is 0 Å². The van der Waals surface area contributed by atoms with Gasteiger partial charge in [-0.05, 0) is 18.2 Å². The number of methoxy groups -OCH3 is 2. The normalized spacial score (nSPS) is 18.3. The van der Waals surface area contributed by atoms with Gasteiger partial charge in [-0.2, -0.15) is 5.26 Å². The molecule has 1 aromatic carbocycles. The standard InChI is InChI=1S/C14H11FN2O5/c1-21-13(19)9(6-16)11-8-5-7(15)3-4-10(8)17(12(11)18)14(20)22-2/h3-5,12,18H,1-2H3/b11-9-. The highest BCUT2D eigenvalue weighted by atomic mass is 19.1. The third-order valence-electron chi connectivity index (χ3n) is 3.15. The van der Waals surface area contributed by atoms with E-state index in [1.807, 2.05) is 0 Å². The third kappa shape index (κ3) is 2.27. The van der Waals surface area contributed by atoms with Crippen LogP contribution < -0.4 is 4.90 Å². The Morgan fingerprint density at radius 3 is 2.59 bits per heavy atom. The number of carbonyl (C=O) groups is 2. The predicted octanol–water partition coefficient (Wildman–Crippen LogP) is 1.18. The molecule has 1 atom stereocenters. The van der Waals surface area contributed by atoms with E-state index in [0.717, 1.165) is 31.3 Å². The van der Waals surface area contributed by atoms with E-state index in [1.165, 1.54) is 6.07 Å². The molecule has 2 rings (SSSR count). The van der Waals surface area contributed by atoms with Crippen molar-refractivity contribution in [1.29, 1.82) is 5.26 Å². The number of hydrogen-bond acceptors (Lipinski definition) is 6. The van der Waals surface area contributed by atoms with E-state index >= 15 is 0 Å². The van der Waals surface area contributed by atoms with Crippen LogP contribution in [0.5, 0.6) is 0 Å². The minimum Gasteiger partial charge on any atom is -0.465 e. The first-order valence-corrected chi connectivity index (χ1v) is 6.04. The summed E-state index contributed by atoms with van der Waals surface area (Å²) in [4.78, 5) is 24.3. The lowest BCUT2D eigenvalue weighted by atomic mass is 10.0. The van der Waals surface area contributed by atoms with Crippen LogP contribution in [0.15, 0.2) is 23.8 Å². The fourth-order valence-electron chi connectivity index (χ4n) is 2.21. The Morgan fingerprint density at radius 2 is 2.05 bits per heavy atom. The van der Waals surface area contributed by atoms with Crippen molar-refractivity contribution in [1.82, 2.24) is 0 Å². The van der Waals surface area contributed by atoms with Gasteiger partial charge in [0.25, 0.3) is 0 Å². The number of nitrogens with zero attached hydrogens (tertiary/aromatic N) is 2. The molecule has 1 amide bonds. The van der Waals surface area contributed by atoms with Crippen molar-refractivity contribution in [3.05, 3.63) is 35.2 Å². The Morgan fingerprint density at radius 1 is 1.36 bits per heavy atom. The molecule has 0 saturated carbocycles. The van der Waals surface area contributed by atoms with Gasteiger partial charge in [0.05, 0.1) is 19.9 Å². The second-order valence-electron chi connectivity index (χ2n) is 4.27. The van der Waals surface area contributed by atoms with Crippen molar-refractivity contribution in [3.63, 3.8) is 0 Å². The number of anilines is 1. The van der Waals surface area contributed by atoms with Crippen molar-refractivity contribution in [2.45, 2.75) is 6.23 Å². The molecule has 8 heteroatoms. The van der Waals surface area contributed by atoms with Gasteiger partial charge in [0, 0.05) is 11.1 Å². The molecule has 1 aromatic rings. The van der Waals surface area contributed by atoms with Gasteiger partial charge in [-0.1, -0.05) is 0 Å². The highest BCUT2D eigenvalue weighted by Crippen LogP contribution is 2.41. The molecule has 0 aromatic heterocycles. The summed E-state index contributed by atoms with van der Waals surface area (Å²) in [5.41, 5.74) is -0.574. The molecule has 7 nitrogen and oxygen atoms in total. The van der Waals surface area contributed by atoms with E-state index in [4.69, 9.17) is 5.26 Å². The van der Waals surface area contributed by atoms with Crippen molar-refractivity contribution in [2.24, 2.45) is 0 Å². The number of aliphatic hydroxyl groups excluding tert-OH is 1. The first kappa shape index (κ1) is 15.5. The summed E-state index contributed by atoms with van der Waals surface area (Å²) in [6, 6.07) is 4.94. The zero-order chi connectivity index (χ0) is 16.4. The molecule has 0 aliphatic carbocycles. The van der Waals surface area contributed by atoms with Gasteiger partial charge >= 0.3 is 12.1 Å².